The van der Waals surface area contributed by atoms with Crippen molar-refractivity contribution in [3.8, 4) is 22.3 Å². The van der Waals surface area contributed by atoms with Crippen molar-refractivity contribution in [2.75, 3.05) is 0 Å². The molecule has 2 aromatic heterocycles. The molecule has 2 heterocycles. The van der Waals surface area contributed by atoms with E-state index in [4.69, 9.17) is 8.83 Å². The molecule has 0 unspecified atom stereocenters. The molecule has 208 valence electrons. The van der Waals surface area contributed by atoms with Gasteiger partial charge in [0.15, 0.2) is 0 Å². The lowest BCUT2D eigenvalue weighted by atomic mass is 9.74. The van der Waals surface area contributed by atoms with Crippen LogP contribution in [0.2, 0.25) is 0 Å². The van der Waals surface area contributed by atoms with Crippen LogP contribution in [0.3, 0.4) is 0 Å². The molecule has 0 saturated heterocycles. The Morgan fingerprint density at radius 3 is 1.21 bits per heavy atom. The largest absolute Gasteiger partial charge is 0.456 e. The Kier molecular flexibility index (Phi) is 5.64. The molecule has 2 heteroatoms. The Balaban J connectivity index is 1.12. The van der Waals surface area contributed by atoms with Gasteiger partial charge in [0.05, 0.1) is 0 Å². The molecule has 0 aliphatic carbocycles. The number of aryl methyl sites for hydroxylation is 2. The van der Waals surface area contributed by atoms with E-state index >= 15 is 0 Å². The maximum Gasteiger partial charge on any atom is 0.136 e. The minimum Gasteiger partial charge on any atom is -0.456 e. The van der Waals surface area contributed by atoms with E-state index in [1.807, 2.05) is 24.3 Å². The number of rotatable bonds is 4. The number of hydrogen-bond acceptors (Lipinski definition) is 2. The van der Waals surface area contributed by atoms with Gasteiger partial charge in [-0.1, -0.05) is 98.8 Å². The van der Waals surface area contributed by atoms with Gasteiger partial charge in [-0.15, -0.1) is 0 Å². The lowest BCUT2D eigenvalue weighted by Gasteiger charge is -2.30. The summed E-state index contributed by atoms with van der Waals surface area (Å²) in [6, 6.07) is 43.3. The fourth-order valence-electron chi connectivity index (χ4n) is 7.04. The molecule has 0 bridgehead atoms. The van der Waals surface area contributed by atoms with E-state index in [1.54, 1.807) is 0 Å². The number of fused-ring (bicyclic) bond motifs is 6. The van der Waals surface area contributed by atoms with Gasteiger partial charge in [-0.25, -0.2) is 0 Å². The Bertz CT molecular complexity index is 2180. The van der Waals surface area contributed by atoms with Crippen molar-refractivity contribution in [1.29, 1.82) is 0 Å². The minimum atomic E-state index is -0.156. The smallest absolute Gasteiger partial charge is 0.136 e. The molecule has 0 amide bonds. The molecule has 0 fully saturated rings. The number of para-hydroxylation sites is 2. The second-order valence-electron chi connectivity index (χ2n) is 12.3. The van der Waals surface area contributed by atoms with Crippen LogP contribution in [0.4, 0.5) is 0 Å². The van der Waals surface area contributed by atoms with E-state index in [9.17, 15) is 0 Å². The molecule has 2 nitrogen and oxygen atoms in total. The maximum atomic E-state index is 6.16. The van der Waals surface area contributed by atoms with Gasteiger partial charge in [0.2, 0.25) is 0 Å². The third-order valence-electron chi connectivity index (χ3n) is 9.22. The van der Waals surface area contributed by atoms with Crippen molar-refractivity contribution < 1.29 is 8.83 Å². The number of benzene rings is 6. The zero-order valence-electron chi connectivity index (χ0n) is 24.9. The van der Waals surface area contributed by atoms with Crippen molar-refractivity contribution in [2.24, 2.45) is 0 Å². The summed E-state index contributed by atoms with van der Waals surface area (Å²) in [5, 5.41) is 4.64. The first-order chi connectivity index (χ1) is 20.9. The molecule has 0 N–H and O–H groups in total. The van der Waals surface area contributed by atoms with Crippen molar-refractivity contribution in [1.82, 2.24) is 0 Å². The van der Waals surface area contributed by atoms with Crippen LogP contribution in [0.25, 0.3) is 66.1 Å². The summed E-state index contributed by atoms with van der Waals surface area (Å²) < 4.78 is 12.3. The first-order valence-electron chi connectivity index (χ1n) is 14.9. The standard InChI is InChI=1S/C41H32O2/c1-25-21-27(29-13-17-33-31-9-5-7-11-37(31)42-39(33)23-29)15-19-35(25)41(3,4)36-20-16-28(22-26(36)2)30-14-18-34-32-10-6-8-12-38(32)43-40(34)24-30/h5-24H,1-4H3. The van der Waals surface area contributed by atoms with Gasteiger partial charge in [-0.3, -0.25) is 0 Å². The summed E-state index contributed by atoms with van der Waals surface area (Å²) in [7, 11) is 0. The van der Waals surface area contributed by atoms with Crippen LogP contribution in [0.1, 0.15) is 36.1 Å². The van der Waals surface area contributed by atoms with Gasteiger partial charge in [0.1, 0.15) is 22.3 Å². The second-order valence-corrected chi connectivity index (χ2v) is 12.3. The Morgan fingerprint density at radius 2 is 0.767 bits per heavy atom. The number of hydrogen-bond donors (Lipinski definition) is 0. The van der Waals surface area contributed by atoms with Crippen molar-refractivity contribution in [3.63, 3.8) is 0 Å². The third-order valence-corrected chi connectivity index (χ3v) is 9.22. The summed E-state index contributed by atoms with van der Waals surface area (Å²) in [6.45, 7) is 9.12. The van der Waals surface area contributed by atoms with Crippen LogP contribution in [0.15, 0.2) is 130 Å². The molecule has 6 aromatic carbocycles. The van der Waals surface area contributed by atoms with Gasteiger partial charge in [0.25, 0.3) is 0 Å². The molecule has 43 heavy (non-hydrogen) atoms. The lowest BCUT2D eigenvalue weighted by Crippen LogP contribution is -2.21. The van der Waals surface area contributed by atoms with Gasteiger partial charge in [0, 0.05) is 27.0 Å². The van der Waals surface area contributed by atoms with E-state index in [-0.39, 0.29) is 5.41 Å². The predicted octanol–water partition coefficient (Wildman–Crippen LogP) is 11.8. The van der Waals surface area contributed by atoms with E-state index in [0.29, 0.717) is 0 Å². The molecular formula is C41H32O2. The second kappa shape index (κ2) is 9.47. The van der Waals surface area contributed by atoms with Crippen LogP contribution in [0.5, 0.6) is 0 Å². The first kappa shape index (κ1) is 25.6. The average Bonchev–Trinajstić information content (AvgIpc) is 3.58. The zero-order valence-corrected chi connectivity index (χ0v) is 24.9. The molecule has 0 aliphatic heterocycles. The zero-order chi connectivity index (χ0) is 29.3. The minimum absolute atomic E-state index is 0.156. The molecular weight excluding hydrogens is 524 g/mol. The van der Waals surface area contributed by atoms with Gasteiger partial charge >= 0.3 is 0 Å². The molecule has 8 aromatic rings. The topological polar surface area (TPSA) is 26.3 Å². The van der Waals surface area contributed by atoms with Crippen LogP contribution in [-0.4, -0.2) is 0 Å². The quantitative estimate of drug-likeness (QED) is 0.215. The average molecular weight is 557 g/mol. The highest BCUT2D eigenvalue weighted by molar-refractivity contribution is 6.06. The summed E-state index contributed by atoms with van der Waals surface area (Å²) in [5.41, 5.74) is 13.5. The van der Waals surface area contributed by atoms with Crippen molar-refractivity contribution >= 4 is 43.9 Å². The summed E-state index contributed by atoms with van der Waals surface area (Å²) in [4.78, 5) is 0. The van der Waals surface area contributed by atoms with Gasteiger partial charge in [-0.05, 0) is 94.8 Å². The monoisotopic (exact) mass is 556 g/mol. The fraction of sp³-hybridized carbons (Fsp3) is 0.122. The normalized spacial score (nSPS) is 12.2. The number of furan rings is 2. The van der Waals surface area contributed by atoms with Crippen LogP contribution < -0.4 is 0 Å². The van der Waals surface area contributed by atoms with Crippen molar-refractivity contribution in [2.45, 2.75) is 33.1 Å². The highest BCUT2D eigenvalue weighted by Gasteiger charge is 2.27. The van der Waals surface area contributed by atoms with Crippen LogP contribution in [0, 0.1) is 13.8 Å². The van der Waals surface area contributed by atoms with E-state index in [2.05, 4.69) is 125 Å². The molecule has 0 spiro atoms. The van der Waals surface area contributed by atoms with Crippen molar-refractivity contribution in [3.05, 3.63) is 144 Å². The highest BCUT2D eigenvalue weighted by Crippen LogP contribution is 2.40. The molecule has 0 radical (unpaired) electrons. The predicted molar refractivity (Wildman–Crippen MR) is 180 cm³/mol. The van der Waals surface area contributed by atoms with Crippen LogP contribution in [-0.2, 0) is 5.41 Å². The SMILES string of the molecule is Cc1cc(-c2ccc3c(c2)oc2ccccc23)ccc1C(C)(C)c1ccc(-c2ccc3c(c2)oc2ccccc23)cc1C. The maximum absolute atomic E-state index is 6.16. The Labute approximate surface area is 251 Å². The molecule has 0 saturated carbocycles. The molecule has 0 atom stereocenters. The first-order valence-corrected chi connectivity index (χ1v) is 14.9. The Morgan fingerprint density at radius 1 is 0.395 bits per heavy atom. The lowest BCUT2D eigenvalue weighted by molar-refractivity contribution is 0.631. The molecule has 8 rings (SSSR count). The fourth-order valence-corrected chi connectivity index (χ4v) is 7.04. The summed E-state index contributed by atoms with van der Waals surface area (Å²) in [6.07, 6.45) is 0. The summed E-state index contributed by atoms with van der Waals surface area (Å²) in [5.74, 6) is 0. The Hall–Kier alpha value is -5.08. The van der Waals surface area contributed by atoms with Gasteiger partial charge in [-0.2, -0.15) is 0 Å². The van der Waals surface area contributed by atoms with E-state index in [1.165, 1.54) is 44.5 Å². The highest BCUT2D eigenvalue weighted by atomic mass is 16.3. The van der Waals surface area contributed by atoms with Crippen LogP contribution >= 0.6 is 0 Å². The third kappa shape index (κ3) is 4.09. The van der Waals surface area contributed by atoms with E-state index < -0.39 is 0 Å². The summed E-state index contributed by atoms with van der Waals surface area (Å²) >= 11 is 0. The van der Waals surface area contributed by atoms with Gasteiger partial charge < -0.3 is 8.83 Å². The molecule has 0 aliphatic rings. The van der Waals surface area contributed by atoms with E-state index in [0.717, 1.165) is 43.9 Å².